The molecule has 0 bridgehead atoms. The summed E-state index contributed by atoms with van der Waals surface area (Å²) in [6.45, 7) is 0.897. The van der Waals surface area contributed by atoms with Crippen LogP contribution in [0.4, 0.5) is 5.69 Å². The number of nitro groups is 1. The molecule has 18 heavy (non-hydrogen) atoms. The summed E-state index contributed by atoms with van der Waals surface area (Å²) in [6.07, 6.45) is 0.636. The van der Waals surface area contributed by atoms with E-state index in [1.165, 1.54) is 18.2 Å². The summed E-state index contributed by atoms with van der Waals surface area (Å²) in [5, 5.41) is 13.6. The molecule has 1 amide bonds. The molecule has 98 valence electrons. The number of carbonyl (C=O) groups excluding carboxylic acids is 1. The third-order valence-electron chi connectivity index (χ3n) is 2.21. The van der Waals surface area contributed by atoms with Gasteiger partial charge < -0.3 is 10.1 Å². The first-order valence-electron chi connectivity index (χ1n) is 5.27. The summed E-state index contributed by atoms with van der Waals surface area (Å²) in [7, 11) is 1.56. The van der Waals surface area contributed by atoms with Crippen molar-refractivity contribution in [3.8, 4) is 0 Å². The molecule has 0 aliphatic carbocycles. The number of hydrogen-bond acceptors (Lipinski definition) is 4. The maximum atomic E-state index is 11.8. The summed E-state index contributed by atoms with van der Waals surface area (Å²) in [6, 6.07) is 3.87. The molecule has 0 fully saturated rings. The van der Waals surface area contributed by atoms with Gasteiger partial charge in [0.2, 0.25) is 0 Å². The molecule has 0 saturated heterocycles. The number of amides is 1. The molecule has 0 aliphatic heterocycles. The van der Waals surface area contributed by atoms with E-state index in [0.717, 1.165) is 0 Å². The number of rotatable bonds is 6. The topological polar surface area (TPSA) is 81.5 Å². The van der Waals surface area contributed by atoms with Gasteiger partial charge in [0.05, 0.1) is 4.92 Å². The Morgan fingerprint density at radius 2 is 2.28 bits per heavy atom. The van der Waals surface area contributed by atoms with E-state index in [0.29, 0.717) is 19.6 Å². The lowest BCUT2D eigenvalue weighted by molar-refractivity contribution is -0.385. The first-order chi connectivity index (χ1) is 8.56. The Balaban J connectivity index is 2.77. The number of halogens is 1. The fourth-order valence-corrected chi connectivity index (χ4v) is 1.54. The predicted molar refractivity (Wildman–Crippen MR) is 66.9 cm³/mol. The lowest BCUT2D eigenvalue weighted by Crippen LogP contribution is -2.25. The molecule has 6 nitrogen and oxygen atoms in total. The van der Waals surface area contributed by atoms with Crippen molar-refractivity contribution >= 4 is 23.2 Å². The van der Waals surface area contributed by atoms with Gasteiger partial charge in [0, 0.05) is 31.4 Å². The number of ether oxygens (including phenoxy) is 1. The molecule has 0 saturated carbocycles. The second-order valence-electron chi connectivity index (χ2n) is 3.52. The molecular weight excluding hydrogens is 260 g/mol. The molecule has 0 atom stereocenters. The number of nitrogens with one attached hydrogen (secondary N) is 1. The van der Waals surface area contributed by atoms with Crippen LogP contribution >= 0.6 is 11.6 Å². The van der Waals surface area contributed by atoms with E-state index in [1.807, 2.05) is 0 Å². The fourth-order valence-electron chi connectivity index (χ4n) is 1.36. The van der Waals surface area contributed by atoms with E-state index in [2.05, 4.69) is 5.32 Å². The Bertz CT molecular complexity index is 451. The molecule has 7 heteroatoms. The average Bonchev–Trinajstić information content (AvgIpc) is 2.34. The molecule has 1 aromatic carbocycles. The molecule has 0 radical (unpaired) electrons. The normalized spacial score (nSPS) is 10.1. The second-order valence-corrected chi connectivity index (χ2v) is 3.96. The zero-order valence-electron chi connectivity index (χ0n) is 9.81. The zero-order chi connectivity index (χ0) is 13.5. The maximum absolute atomic E-state index is 11.8. The molecule has 0 spiro atoms. The highest BCUT2D eigenvalue weighted by Crippen LogP contribution is 2.22. The van der Waals surface area contributed by atoms with Crippen molar-refractivity contribution in [2.24, 2.45) is 0 Å². The van der Waals surface area contributed by atoms with Crippen LogP contribution in [0.5, 0.6) is 0 Å². The number of hydrogen-bond donors (Lipinski definition) is 1. The van der Waals surface area contributed by atoms with Crippen LogP contribution in [-0.2, 0) is 4.74 Å². The third-order valence-corrected chi connectivity index (χ3v) is 2.45. The van der Waals surface area contributed by atoms with Crippen molar-refractivity contribution < 1.29 is 14.5 Å². The summed E-state index contributed by atoms with van der Waals surface area (Å²) in [4.78, 5) is 21.9. The number of carbonyl (C=O) groups is 1. The van der Waals surface area contributed by atoms with Gasteiger partial charge in [-0.2, -0.15) is 0 Å². The van der Waals surface area contributed by atoms with Gasteiger partial charge in [0.25, 0.3) is 11.6 Å². The van der Waals surface area contributed by atoms with Crippen molar-refractivity contribution in [1.29, 1.82) is 0 Å². The first-order valence-corrected chi connectivity index (χ1v) is 5.65. The van der Waals surface area contributed by atoms with Gasteiger partial charge in [-0.25, -0.2) is 0 Å². The Hall–Kier alpha value is -1.66. The van der Waals surface area contributed by atoms with Crippen molar-refractivity contribution in [1.82, 2.24) is 5.32 Å². The molecular formula is C11H13ClN2O4. The van der Waals surface area contributed by atoms with Crippen LogP contribution in [0.2, 0.25) is 5.02 Å². The molecule has 1 rings (SSSR count). The van der Waals surface area contributed by atoms with Gasteiger partial charge in [0.15, 0.2) is 0 Å². The highest BCUT2D eigenvalue weighted by Gasteiger charge is 2.19. The van der Waals surface area contributed by atoms with Crippen LogP contribution in [0.15, 0.2) is 18.2 Å². The van der Waals surface area contributed by atoms with Crippen molar-refractivity contribution in [3.63, 3.8) is 0 Å². The maximum Gasteiger partial charge on any atom is 0.282 e. The van der Waals surface area contributed by atoms with Crippen LogP contribution in [0.1, 0.15) is 16.8 Å². The Morgan fingerprint density at radius 3 is 2.89 bits per heavy atom. The second kappa shape index (κ2) is 6.93. The largest absolute Gasteiger partial charge is 0.385 e. The van der Waals surface area contributed by atoms with Gasteiger partial charge in [-0.1, -0.05) is 11.6 Å². The minimum absolute atomic E-state index is 0.0371. The van der Waals surface area contributed by atoms with Gasteiger partial charge >= 0.3 is 0 Å². The predicted octanol–water partition coefficient (Wildman–Crippen LogP) is 2.01. The summed E-state index contributed by atoms with van der Waals surface area (Å²) in [5.74, 6) is -0.514. The molecule has 0 aromatic heterocycles. The van der Waals surface area contributed by atoms with Gasteiger partial charge in [0.1, 0.15) is 5.56 Å². The molecule has 1 aromatic rings. The SMILES string of the molecule is COCCCNC(=O)c1cc(Cl)ccc1[N+](=O)[O-]. The Kier molecular flexibility index (Phi) is 5.54. The van der Waals surface area contributed by atoms with Gasteiger partial charge in [-0.05, 0) is 18.6 Å². The van der Waals surface area contributed by atoms with Crippen LogP contribution in [0, 0.1) is 10.1 Å². The van der Waals surface area contributed by atoms with Crippen molar-refractivity contribution in [2.45, 2.75) is 6.42 Å². The smallest absolute Gasteiger partial charge is 0.282 e. The summed E-state index contributed by atoms with van der Waals surface area (Å²) >= 11 is 5.73. The average molecular weight is 273 g/mol. The number of nitro benzene ring substituents is 1. The summed E-state index contributed by atoms with van der Waals surface area (Å²) in [5.41, 5.74) is -0.298. The van der Waals surface area contributed by atoms with E-state index in [9.17, 15) is 14.9 Å². The van der Waals surface area contributed by atoms with Crippen LogP contribution < -0.4 is 5.32 Å². The van der Waals surface area contributed by atoms with E-state index in [4.69, 9.17) is 16.3 Å². The minimum Gasteiger partial charge on any atom is -0.385 e. The highest BCUT2D eigenvalue weighted by molar-refractivity contribution is 6.31. The quantitative estimate of drug-likeness (QED) is 0.488. The lowest BCUT2D eigenvalue weighted by Gasteiger charge is -2.05. The van der Waals surface area contributed by atoms with E-state index >= 15 is 0 Å². The third kappa shape index (κ3) is 3.97. The highest BCUT2D eigenvalue weighted by atomic mass is 35.5. The van der Waals surface area contributed by atoms with Crippen LogP contribution in [0.3, 0.4) is 0 Å². The van der Waals surface area contributed by atoms with E-state index in [1.54, 1.807) is 7.11 Å². The zero-order valence-corrected chi connectivity index (χ0v) is 10.6. The van der Waals surface area contributed by atoms with Crippen molar-refractivity contribution in [2.75, 3.05) is 20.3 Å². The van der Waals surface area contributed by atoms with Gasteiger partial charge in [-0.3, -0.25) is 14.9 Å². The standard InChI is InChI=1S/C11H13ClN2O4/c1-18-6-2-5-13-11(15)9-7-8(12)3-4-10(9)14(16)17/h3-4,7H,2,5-6H2,1H3,(H,13,15). The minimum atomic E-state index is -0.611. The molecule has 0 aliphatic rings. The number of methoxy groups -OCH3 is 1. The fraction of sp³-hybridized carbons (Fsp3) is 0.364. The molecule has 1 N–H and O–H groups in total. The van der Waals surface area contributed by atoms with Gasteiger partial charge in [-0.15, -0.1) is 0 Å². The monoisotopic (exact) mass is 272 g/mol. The van der Waals surface area contributed by atoms with E-state index in [-0.39, 0.29) is 16.3 Å². The lowest BCUT2D eigenvalue weighted by atomic mass is 10.1. The Labute approximate surface area is 109 Å². The summed E-state index contributed by atoms with van der Waals surface area (Å²) < 4.78 is 4.83. The molecule has 0 heterocycles. The number of nitrogens with zero attached hydrogens (tertiary/aromatic N) is 1. The van der Waals surface area contributed by atoms with Crippen LogP contribution in [0.25, 0.3) is 0 Å². The first kappa shape index (κ1) is 14.4. The van der Waals surface area contributed by atoms with Crippen molar-refractivity contribution in [3.05, 3.63) is 38.9 Å². The molecule has 0 unspecified atom stereocenters. The van der Waals surface area contributed by atoms with E-state index < -0.39 is 10.8 Å². The number of benzene rings is 1. The Morgan fingerprint density at radius 1 is 1.56 bits per heavy atom. The van der Waals surface area contributed by atoms with Crippen LogP contribution in [-0.4, -0.2) is 31.1 Å².